The molecular formula is C14H22N4OS. The lowest BCUT2D eigenvalue weighted by Gasteiger charge is -2.23. The van der Waals surface area contributed by atoms with Gasteiger partial charge in [0.1, 0.15) is 0 Å². The predicted molar refractivity (Wildman–Crippen MR) is 78.7 cm³/mol. The van der Waals surface area contributed by atoms with Crippen LogP contribution >= 0.6 is 11.8 Å². The van der Waals surface area contributed by atoms with Gasteiger partial charge >= 0.3 is 0 Å². The van der Waals surface area contributed by atoms with E-state index < -0.39 is 0 Å². The number of anilines is 1. The van der Waals surface area contributed by atoms with E-state index in [4.69, 9.17) is 10.5 Å². The van der Waals surface area contributed by atoms with E-state index in [9.17, 15) is 0 Å². The van der Waals surface area contributed by atoms with Gasteiger partial charge in [-0.2, -0.15) is 0 Å². The zero-order chi connectivity index (χ0) is 13.6. The number of ether oxygens (including phenoxy) is 1. The van der Waals surface area contributed by atoms with Crippen molar-refractivity contribution in [3.63, 3.8) is 0 Å². The Morgan fingerprint density at radius 1 is 1.20 bits per heavy atom. The summed E-state index contributed by atoms with van der Waals surface area (Å²) in [7, 11) is 0. The minimum atomic E-state index is 0.231. The first-order valence-corrected chi connectivity index (χ1v) is 8.75. The summed E-state index contributed by atoms with van der Waals surface area (Å²) in [6.45, 7) is 0. The van der Waals surface area contributed by atoms with Crippen LogP contribution in [0.25, 0.3) is 0 Å². The molecule has 2 N–H and O–H groups in total. The number of nitrogen functional groups attached to an aromatic ring is 1. The van der Waals surface area contributed by atoms with Gasteiger partial charge in [0.2, 0.25) is 5.95 Å². The number of nitrogens with zero attached hydrogens (tertiary/aromatic N) is 3. The minimum absolute atomic E-state index is 0.231. The fraction of sp³-hybridized carbons (Fsp3) is 0.857. The molecule has 1 saturated heterocycles. The number of thioether (sulfide) groups is 1. The summed E-state index contributed by atoms with van der Waals surface area (Å²) in [6.07, 6.45) is 10.4. The lowest BCUT2D eigenvalue weighted by atomic mass is 9.98. The van der Waals surface area contributed by atoms with Crippen molar-refractivity contribution in [1.29, 1.82) is 0 Å². The topological polar surface area (TPSA) is 66.0 Å². The Labute approximate surface area is 123 Å². The highest BCUT2D eigenvalue weighted by molar-refractivity contribution is 7.99. The molecule has 20 heavy (non-hydrogen) atoms. The van der Waals surface area contributed by atoms with Crippen molar-refractivity contribution < 1.29 is 4.74 Å². The van der Waals surface area contributed by atoms with Crippen molar-refractivity contribution in [3.8, 4) is 0 Å². The molecule has 0 radical (unpaired) electrons. The summed E-state index contributed by atoms with van der Waals surface area (Å²) in [4.78, 5) is 0. The molecule has 2 aliphatic carbocycles. The maximum atomic E-state index is 6.34. The SMILES string of the molecule is Nc1nnc(SC[C@H]2CCC3(CCCC3)O2)n1C1CC1. The van der Waals surface area contributed by atoms with Gasteiger partial charge in [0.15, 0.2) is 5.16 Å². The summed E-state index contributed by atoms with van der Waals surface area (Å²) in [5, 5.41) is 9.22. The van der Waals surface area contributed by atoms with Crippen molar-refractivity contribution in [2.24, 2.45) is 0 Å². The van der Waals surface area contributed by atoms with Crippen LogP contribution in [0, 0.1) is 0 Å². The van der Waals surface area contributed by atoms with Gasteiger partial charge in [-0.15, -0.1) is 10.2 Å². The highest BCUT2D eigenvalue weighted by Gasteiger charge is 2.42. The fourth-order valence-electron chi connectivity index (χ4n) is 3.63. The molecule has 0 amide bonds. The molecule has 1 atom stereocenters. The number of hydrogen-bond donors (Lipinski definition) is 1. The van der Waals surface area contributed by atoms with Crippen LogP contribution in [0.2, 0.25) is 0 Å². The molecular weight excluding hydrogens is 272 g/mol. The molecule has 5 nitrogen and oxygen atoms in total. The summed E-state index contributed by atoms with van der Waals surface area (Å²) >= 11 is 1.76. The van der Waals surface area contributed by atoms with Crippen molar-refractivity contribution in [2.75, 3.05) is 11.5 Å². The molecule has 2 saturated carbocycles. The number of rotatable bonds is 4. The number of hydrogen-bond acceptors (Lipinski definition) is 5. The van der Waals surface area contributed by atoms with Crippen LogP contribution in [0.4, 0.5) is 5.95 Å². The van der Waals surface area contributed by atoms with E-state index in [1.807, 2.05) is 0 Å². The Hall–Kier alpha value is -0.750. The molecule has 1 spiro atoms. The Morgan fingerprint density at radius 3 is 2.75 bits per heavy atom. The zero-order valence-electron chi connectivity index (χ0n) is 11.8. The van der Waals surface area contributed by atoms with Gasteiger partial charge in [-0.1, -0.05) is 24.6 Å². The molecule has 3 fully saturated rings. The molecule has 6 heteroatoms. The van der Waals surface area contributed by atoms with Crippen molar-refractivity contribution >= 4 is 17.7 Å². The third kappa shape index (κ3) is 2.33. The first kappa shape index (κ1) is 13.0. The molecule has 110 valence electrons. The van der Waals surface area contributed by atoms with E-state index in [0.717, 1.165) is 10.9 Å². The molecule has 2 heterocycles. The summed E-state index contributed by atoms with van der Waals surface area (Å²) < 4.78 is 8.45. The third-order valence-electron chi connectivity index (χ3n) is 4.85. The lowest BCUT2D eigenvalue weighted by Crippen LogP contribution is -2.25. The first-order valence-electron chi connectivity index (χ1n) is 7.77. The average Bonchev–Trinajstić information content (AvgIpc) is 2.89. The highest BCUT2D eigenvalue weighted by Crippen LogP contribution is 2.45. The van der Waals surface area contributed by atoms with Gasteiger partial charge in [-0.05, 0) is 38.5 Å². The van der Waals surface area contributed by atoms with Gasteiger partial charge in [0.05, 0.1) is 11.7 Å². The molecule has 1 aliphatic heterocycles. The first-order chi connectivity index (χ1) is 9.76. The molecule has 3 aliphatic rings. The lowest BCUT2D eigenvalue weighted by molar-refractivity contribution is -0.0267. The predicted octanol–water partition coefficient (Wildman–Crippen LogP) is 2.78. The Kier molecular flexibility index (Phi) is 3.18. The van der Waals surface area contributed by atoms with Gasteiger partial charge < -0.3 is 10.5 Å². The van der Waals surface area contributed by atoms with Gasteiger partial charge in [-0.25, -0.2) is 0 Å². The van der Waals surface area contributed by atoms with Crippen molar-refractivity contribution in [2.45, 2.75) is 74.3 Å². The van der Waals surface area contributed by atoms with Gasteiger partial charge in [-0.3, -0.25) is 4.57 Å². The fourth-order valence-corrected chi connectivity index (χ4v) is 4.68. The minimum Gasteiger partial charge on any atom is -0.371 e. The third-order valence-corrected chi connectivity index (χ3v) is 5.93. The van der Waals surface area contributed by atoms with Crippen LogP contribution in [0.1, 0.15) is 57.4 Å². The largest absolute Gasteiger partial charge is 0.371 e. The van der Waals surface area contributed by atoms with Crippen LogP contribution in [-0.2, 0) is 4.74 Å². The standard InChI is InChI=1S/C14H22N4OS/c15-12-16-17-13(18(12)10-3-4-10)20-9-11-5-8-14(19-11)6-1-2-7-14/h10-11H,1-9H2,(H2,15,16)/t11-/m1/s1. The summed E-state index contributed by atoms with van der Waals surface area (Å²) in [5.74, 6) is 1.54. The van der Waals surface area contributed by atoms with E-state index in [2.05, 4.69) is 14.8 Å². The van der Waals surface area contributed by atoms with E-state index in [1.165, 1.54) is 51.4 Å². The number of nitrogens with two attached hydrogens (primary N) is 1. The van der Waals surface area contributed by atoms with Crippen LogP contribution in [0.15, 0.2) is 5.16 Å². The summed E-state index contributed by atoms with van der Waals surface area (Å²) in [5.41, 5.74) is 6.14. The number of aromatic nitrogens is 3. The normalized spacial score (nSPS) is 28.5. The average molecular weight is 294 g/mol. The maximum Gasteiger partial charge on any atom is 0.222 e. The zero-order valence-corrected chi connectivity index (χ0v) is 12.6. The highest BCUT2D eigenvalue weighted by atomic mass is 32.2. The van der Waals surface area contributed by atoms with E-state index in [0.29, 0.717) is 18.1 Å². The molecule has 1 aromatic rings. The Bertz CT molecular complexity index is 493. The molecule has 4 rings (SSSR count). The van der Waals surface area contributed by atoms with Crippen molar-refractivity contribution in [3.05, 3.63) is 0 Å². The second-order valence-electron chi connectivity index (χ2n) is 6.42. The molecule has 0 aromatic carbocycles. The smallest absolute Gasteiger partial charge is 0.222 e. The Morgan fingerprint density at radius 2 is 2.00 bits per heavy atom. The maximum absolute atomic E-state index is 6.34. The monoisotopic (exact) mass is 294 g/mol. The quantitative estimate of drug-likeness (QED) is 0.865. The van der Waals surface area contributed by atoms with E-state index in [1.54, 1.807) is 11.8 Å². The second-order valence-corrected chi connectivity index (χ2v) is 7.41. The molecule has 0 bridgehead atoms. The van der Waals surface area contributed by atoms with E-state index >= 15 is 0 Å². The van der Waals surface area contributed by atoms with Crippen molar-refractivity contribution in [1.82, 2.24) is 14.8 Å². The Balaban J connectivity index is 1.37. The summed E-state index contributed by atoms with van der Waals surface area (Å²) in [6, 6.07) is 0.540. The molecule has 0 unspecified atom stereocenters. The second kappa shape index (κ2) is 4.91. The van der Waals surface area contributed by atoms with Gasteiger partial charge in [0.25, 0.3) is 0 Å². The van der Waals surface area contributed by atoms with Gasteiger partial charge in [0, 0.05) is 11.8 Å². The van der Waals surface area contributed by atoms with E-state index in [-0.39, 0.29) is 5.60 Å². The van der Waals surface area contributed by atoms with Crippen LogP contribution < -0.4 is 5.73 Å². The van der Waals surface area contributed by atoms with Crippen LogP contribution in [0.3, 0.4) is 0 Å². The van der Waals surface area contributed by atoms with Crippen LogP contribution in [0.5, 0.6) is 0 Å². The van der Waals surface area contributed by atoms with Crippen LogP contribution in [-0.4, -0.2) is 32.2 Å². The molecule has 1 aromatic heterocycles.